The van der Waals surface area contributed by atoms with Crippen molar-refractivity contribution >= 4 is 11.5 Å². The lowest BCUT2D eigenvalue weighted by molar-refractivity contribution is 0.0836. The Bertz CT molecular complexity index is 512. The lowest BCUT2D eigenvalue weighted by Gasteiger charge is -2.32. The van der Waals surface area contributed by atoms with Gasteiger partial charge in [-0.1, -0.05) is 0 Å². The molecule has 0 unspecified atom stereocenters. The number of aliphatic hydroxyl groups excluding tert-OH is 1. The Morgan fingerprint density at radius 3 is 2.69 bits per heavy atom. The van der Waals surface area contributed by atoms with E-state index in [4.69, 9.17) is 10.8 Å². The van der Waals surface area contributed by atoms with E-state index in [-0.39, 0.29) is 23.7 Å². The molecule has 16 heavy (non-hydrogen) atoms. The number of rotatable bonds is 2. The summed E-state index contributed by atoms with van der Waals surface area (Å²) in [5.41, 5.74) is 4.79. The van der Waals surface area contributed by atoms with Crippen LogP contribution in [0.1, 0.15) is 12.8 Å². The molecule has 0 bridgehead atoms. The summed E-state index contributed by atoms with van der Waals surface area (Å²) in [7, 11) is 1.48. The molecule has 0 atom stereocenters. The van der Waals surface area contributed by atoms with Gasteiger partial charge < -0.3 is 16.2 Å². The largest absolute Gasteiger partial charge is 0.393 e. The molecule has 5 N–H and O–H groups in total. The first-order valence-electron chi connectivity index (χ1n) is 5.02. The summed E-state index contributed by atoms with van der Waals surface area (Å²) >= 11 is 0. The quantitative estimate of drug-likeness (QED) is 0.495. The standard InChI is InChI=1S/C9H14N4O3/c1-13-7(10)6(8(15)12-9(13)16)11-4-2-5(14)3-4/h4-5,11,14H,2-3,10H2,1H3,(H,12,15,16). The van der Waals surface area contributed by atoms with Gasteiger partial charge in [0.2, 0.25) is 0 Å². The minimum absolute atomic E-state index is 0.0379. The number of aromatic nitrogens is 2. The van der Waals surface area contributed by atoms with E-state index in [9.17, 15) is 9.59 Å². The first-order valence-corrected chi connectivity index (χ1v) is 5.02. The summed E-state index contributed by atoms with van der Waals surface area (Å²) in [6.07, 6.45) is 0.856. The SMILES string of the molecule is Cn1c(N)c(NC2CC(O)C2)c(=O)[nH]c1=O. The average Bonchev–Trinajstić information content (AvgIpc) is 2.18. The molecule has 0 spiro atoms. The number of nitrogens with zero attached hydrogens (tertiary/aromatic N) is 1. The summed E-state index contributed by atoms with van der Waals surface area (Å²) in [5.74, 6) is 0.107. The average molecular weight is 226 g/mol. The zero-order valence-corrected chi connectivity index (χ0v) is 8.86. The van der Waals surface area contributed by atoms with Gasteiger partial charge in [-0.3, -0.25) is 14.3 Å². The van der Waals surface area contributed by atoms with E-state index in [0.29, 0.717) is 12.8 Å². The molecule has 0 amide bonds. The van der Waals surface area contributed by atoms with Crippen LogP contribution in [0, 0.1) is 0 Å². The van der Waals surface area contributed by atoms with Crippen molar-refractivity contribution in [2.24, 2.45) is 7.05 Å². The van der Waals surface area contributed by atoms with E-state index >= 15 is 0 Å². The fraction of sp³-hybridized carbons (Fsp3) is 0.556. The first-order chi connectivity index (χ1) is 7.49. The highest BCUT2D eigenvalue weighted by atomic mass is 16.3. The van der Waals surface area contributed by atoms with Crippen molar-refractivity contribution in [3.8, 4) is 0 Å². The molecule has 1 aliphatic carbocycles. The second-order valence-electron chi connectivity index (χ2n) is 4.05. The maximum absolute atomic E-state index is 11.5. The molecular weight excluding hydrogens is 212 g/mol. The second kappa shape index (κ2) is 3.67. The maximum atomic E-state index is 11.5. The molecule has 7 heteroatoms. The van der Waals surface area contributed by atoms with Crippen molar-refractivity contribution in [3.05, 3.63) is 20.8 Å². The van der Waals surface area contributed by atoms with Crippen LogP contribution in [0.3, 0.4) is 0 Å². The van der Waals surface area contributed by atoms with Gasteiger partial charge in [0.05, 0.1) is 6.10 Å². The van der Waals surface area contributed by atoms with Crippen LogP contribution in [0.15, 0.2) is 9.59 Å². The van der Waals surface area contributed by atoms with Crippen LogP contribution in [0.2, 0.25) is 0 Å². The molecule has 1 aliphatic rings. The van der Waals surface area contributed by atoms with E-state index in [1.54, 1.807) is 0 Å². The maximum Gasteiger partial charge on any atom is 0.329 e. The van der Waals surface area contributed by atoms with Gasteiger partial charge in [-0.05, 0) is 12.8 Å². The van der Waals surface area contributed by atoms with Gasteiger partial charge in [0.15, 0.2) is 0 Å². The number of aromatic amines is 1. The highest BCUT2D eigenvalue weighted by Gasteiger charge is 2.28. The van der Waals surface area contributed by atoms with Gasteiger partial charge in [-0.25, -0.2) is 4.79 Å². The zero-order valence-electron chi connectivity index (χ0n) is 8.86. The number of hydrogen-bond acceptors (Lipinski definition) is 5. The van der Waals surface area contributed by atoms with Gasteiger partial charge in [-0.15, -0.1) is 0 Å². The highest BCUT2D eigenvalue weighted by Crippen LogP contribution is 2.24. The molecule has 0 saturated heterocycles. The molecule has 0 aliphatic heterocycles. The van der Waals surface area contributed by atoms with Gasteiger partial charge in [0.1, 0.15) is 11.5 Å². The zero-order chi connectivity index (χ0) is 11.9. The number of aliphatic hydroxyl groups is 1. The molecule has 1 aromatic heterocycles. The number of anilines is 2. The molecular formula is C9H14N4O3. The van der Waals surface area contributed by atoms with Crippen molar-refractivity contribution in [1.82, 2.24) is 9.55 Å². The molecule has 1 aromatic rings. The summed E-state index contributed by atoms with van der Waals surface area (Å²) < 4.78 is 1.17. The summed E-state index contributed by atoms with van der Waals surface area (Å²) in [6, 6.07) is 0.0379. The smallest absolute Gasteiger partial charge is 0.329 e. The third-order valence-electron chi connectivity index (χ3n) is 2.83. The van der Waals surface area contributed by atoms with E-state index in [0.717, 1.165) is 0 Å². The van der Waals surface area contributed by atoms with Crippen LogP contribution >= 0.6 is 0 Å². The Morgan fingerprint density at radius 1 is 1.50 bits per heavy atom. The van der Waals surface area contributed by atoms with E-state index in [2.05, 4.69) is 10.3 Å². The van der Waals surface area contributed by atoms with E-state index < -0.39 is 11.2 Å². The number of H-pyrrole nitrogens is 1. The van der Waals surface area contributed by atoms with Gasteiger partial charge in [0.25, 0.3) is 5.56 Å². The number of hydrogen-bond donors (Lipinski definition) is 4. The van der Waals surface area contributed by atoms with Gasteiger partial charge in [-0.2, -0.15) is 0 Å². The second-order valence-corrected chi connectivity index (χ2v) is 4.05. The molecule has 7 nitrogen and oxygen atoms in total. The molecule has 88 valence electrons. The van der Waals surface area contributed by atoms with Crippen LogP contribution in [0.25, 0.3) is 0 Å². The normalized spacial score (nSPS) is 23.9. The Labute approximate surface area is 90.9 Å². The minimum Gasteiger partial charge on any atom is -0.393 e. The first kappa shape index (κ1) is 10.7. The monoisotopic (exact) mass is 226 g/mol. The fourth-order valence-corrected chi connectivity index (χ4v) is 1.69. The fourth-order valence-electron chi connectivity index (χ4n) is 1.69. The van der Waals surface area contributed by atoms with Crippen molar-refractivity contribution < 1.29 is 5.11 Å². The summed E-state index contributed by atoms with van der Waals surface area (Å²) in [5, 5.41) is 12.0. The van der Waals surface area contributed by atoms with E-state index in [1.807, 2.05) is 0 Å². The van der Waals surface area contributed by atoms with Crippen molar-refractivity contribution in [1.29, 1.82) is 0 Å². The molecule has 1 fully saturated rings. The topological polar surface area (TPSA) is 113 Å². The lowest BCUT2D eigenvalue weighted by atomic mass is 9.89. The van der Waals surface area contributed by atoms with Crippen molar-refractivity contribution in [2.75, 3.05) is 11.1 Å². The molecule has 1 heterocycles. The van der Waals surface area contributed by atoms with E-state index in [1.165, 1.54) is 11.6 Å². The van der Waals surface area contributed by atoms with Crippen LogP contribution in [0.4, 0.5) is 11.5 Å². The van der Waals surface area contributed by atoms with Crippen LogP contribution < -0.4 is 22.3 Å². The number of nitrogens with one attached hydrogen (secondary N) is 2. The molecule has 0 radical (unpaired) electrons. The number of nitrogens with two attached hydrogens (primary N) is 1. The Hall–Kier alpha value is -1.76. The highest BCUT2D eigenvalue weighted by molar-refractivity contribution is 5.60. The minimum atomic E-state index is -0.540. The van der Waals surface area contributed by atoms with Gasteiger partial charge >= 0.3 is 5.69 Å². The molecule has 1 saturated carbocycles. The van der Waals surface area contributed by atoms with Crippen LogP contribution in [0.5, 0.6) is 0 Å². The van der Waals surface area contributed by atoms with Crippen molar-refractivity contribution in [2.45, 2.75) is 25.0 Å². The summed E-state index contributed by atoms with van der Waals surface area (Å²) in [6.45, 7) is 0. The van der Waals surface area contributed by atoms with Crippen molar-refractivity contribution in [3.63, 3.8) is 0 Å². The molecule has 2 rings (SSSR count). The third kappa shape index (κ3) is 1.69. The van der Waals surface area contributed by atoms with Crippen LogP contribution in [-0.4, -0.2) is 26.8 Å². The summed E-state index contributed by atoms with van der Waals surface area (Å²) in [4.78, 5) is 24.8. The Morgan fingerprint density at radius 2 is 2.12 bits per heavy atom. The molecule has 0 aromatic carbocycles. The van der Waals surface area contributed by atoms with Crippen LogP contribution in [-0.2, 0) is 7.05 Å². The predicted octanol–water partition coefficient (Wildman–Crippen LogP) is -1.41. The Kier molecular flexibility index (Phi) is 2.47. The Balaban J connectivity index is 2.30. The predicted molar refractivity (Wildman–Crippen MR) is 59.4 cm³/mol. The van der Waals surface area contributed by atoms with Gasteiger partial charge in [0, 0.05) is 13.1 Å². The lowest BCUT2D eigenvalue weighted by Crippen LogP contribution is -2.42. The number of nitrogen functional groups attached to an aromatic ring is 1. The third-order valence-corrected chi connectivity index (χ3v) is 2.83.